The minimum Gasteiger partial charge on any atom is -0.758 e. The molecule has 0 aliphatic carbocycles. The van der Waals surface area contributed by atoms with E-state index in [1.807, 2.05) is 0 Å². The van der Waals surface area contributed by atoms with Crippen molar-refractivity contribution in [1.82, 2.24) is 15.7 Å². The van der Waals surface area contributed by atoms with Crippen LogP contribution in [-0.4, -0.2) is 51.5 Å². The Kier molecular flexibility index (Phi) is 8.02. The second-order valence-electron chi connectivity index (χ2n) is 9.16. The first-order valence-electron chi connectivity index (χ1n) is 11.7. The number of sulfone groups is 1. The highest BCUT2D eigenvalue weighted by Crippen LogP contribution is 2.39. The molecule has 0 saturated carbocycles. The fourth-order valence-electron chi connectivity index (χ4n) is 4.42. The van der Waals surface area contributed by atoms with Crippen LogP contribution >= 0.6 is 0 Å². The van der Waals surface area contributed by atoms with Gasteiger partial charge < -0.3 is 25.1 Å². The van der Waals surface area contributed by atoms with Crippen LogP contribution in [0, 0.1) is 5.21 Å². The zero-order chi connectivity index (χ0) is 29.5. The van der Waals surface area contributed by atoms with Crippen molar-refractivity contribution < 1.29 is 44.2 Å². The van der Waals surface area contributed by atoms with E-state index in [0.717, 1.165) is 12.3 Å². The molecular formula is C25H24F6N3O5S-. The van der Waals surface area contributed by atoms with Crippen molar-refractivity contribution in [2.45, 2.75) is 30.3 Å². The van der Waals surface area contributed by atoms with Crippen LogP contribution in [0.4, 0.5) is 26.3 Å². The Bertz CT molecular complexity index is 1410. The van der Waals surface area contributed by atoms with Gasteiger partial charge in [-0.3, -0.25) is 5.32 Å². The van der Waals surface area contributed by atoms with Crippen LogP contribution in [0.5, 0.6) is 5.75 Å². The number of alkyl halides is 6. The highest BCUT2D eigenvalue weighted by Gasteiger charge is 2.38. The Balaban J connectivity index is 1.91. The largest absolute Gasteiger partial charge is 0.758 e. The van der Waals surface area contributed by atoms with Crippen LogP contribution in [0.15, 0.2) is 60.0 Å². The van der Waals surface area contributed by atoms with Gasteiger partial charge in [-0.2, -0.15) is 26.3 Å². The number of ether oxygens (including phenoxy) is 2. The van der Waals surface area contributed by atoms with Gasteiger partial charge in [-0.25, -0.2) is 8.42 Å². The van der Waals surface area contributed by atoms with E-state index in [4.69, 9.17) is 9.47 Å². The fourth-order valence-corrected chi connectivity index (χ4v) is 5.07. The molecule has 0 radical (unpaired) electrons. The molecule has 218 valence electrons. The standard InChI is InChI=1S/C25H24F6N3O5S/c1-38-21-6-4-3-5-17(21)20-11-22(40(2,36)37)39-23-18(12-32-13-33-23)19(34(20)35)9-14-7-15(24(26,27)28)10-16(8-14)25(29,30)31/h3-8,10-11,19,22,32-33H,9,12-13H2,1-2H3/q-1/b20-11-. The third kappa shape index (κ3) is 6.31. The lowest BCUT2D eigenvalue weighted by molar-refractivity contribution is -0.143. The summed E-state index contributed by atoms with van der Waals surface area (Å²) in [7, 11) is -2.65. The Morgan fingerprint density at radius 1 is 1.07 bits per heavy atom. The Hall–Kier alpha value is -3.43. The van der Waals surface area contributed by atoms with Crippen molar-refractivity contribution >= 4 is 15.5 Å². The van der Waals surface area contributed by atoms with E-state index in [9.17, 15) is 40.0 Å². The molecule has 2 aromatic carbocycles. The minimum absolute atomic E-state index is 0.00496. The third-order valence-corrected chi connectivity index (χ3v) is 7.39. The van der Waals surface area contributed by atoms with E-state index < -0.39 is 56.8 Å². The SMILES string of the molecule is COc1ccccc1/C1=C/C(S(C)(=O)=O)OC2=C(CNCN2)C(Cc2cc(C(F)(F)F)cc(C(F)(F)F)c2)N1[O-]. The summed E-state index contributed by atoms with van der Waals surface area (Å²) in [5, 5.41) is 20.1. The number of nitrogens with zero attached hydrogens (tertiary/aromatic N) is 1. The summed E-state index contributed by atoms with van der Waals surface area (Å²) in [4.78, 5) is 0. The molecule has 2 heterocycles. The van der Waals surface area contributed by atoms with Crippen LogP contribution < -0.4 is 15.4 Å². The molecule has 0 fully saturated rings. The van der Waals surface area contributed by atoms with Gasteiger partial charge in [0.2, 0.25) is 5.44 Å². The first kappa shape index (κ1) is 29.6. The first-order chi connectivity index (χ1) is 18.6. The first-order valence-corrected chi connectivity index (χ1v) is 13.7. The van der Waals surface area contributed by atoms with Crippen LogP contribution in [0.25, 0.3) is 5.70 Å². The maximum Gasteiger partial charge on any atom is 0.416 e. The van der Waals surface area contributed by atoms with Crippen molar-refractivity contribution in [2.75, 3.05) is 26.6 Å². The molecule has 0 spiro atoms. The maximum atomic E-state index is 14.1. The molecule has 2 aliphatic rings. The molecule has 15 heteroatoms. The number of rotatable bonds is 5. The van der Waals surface area contributed by atoms with E-state index in [1.54, 1.807) is 12.1 Å². The molecule has 2 aliphatic heterocycles. The minimum atomic E-state index is -5.08. The quantitative estimate of drug-likeness (QED) is 0.497. The number of halogens is 6. The summed E-state index contributed by atoms with van der Waals surface area (Å²) in [6.45, 7) is 0.0399. The summed E-state index contributed by atoms with van der Waals surface area (Å²) < 4.78 is 117. The van der Waals surface area contributed by atoms with Gasteiger partial charge in [0.25, 0.3) is 0 Å². The fraction of sp³-hybridized carbons (Fsp3) is 0.360. The van der Waals surface area contributed by atoms with Crippen molar-refractivity contribution in [3.63, 3.8) is 0 Å². The van der Waals surface area contributed by atoms with Crippen LogP contribution in [-0.2, 0) is 33.3 Å². The van der Waals surface area contributed by atoms with Crippen LogP contribution in [0.2, 0.25) is 0 Å². The lowest BCUT2D eigenvalue weighted by Crippen LogP contribution is -2.47. The second-order valence-corrected chi connectivity index (χ2v) is 11.3. The van der Waals surface area contributed by atoms with Gasteiger partial charge in [-0.1, -0.05) is 12.1 Å². The predicted octanol–water partition coefficient (Wildman–Crippen LogP) is 4.25. The number of para-hydroxylation sites is 1. The molecule has 0 amide bonds. The summed E-state index contributed by atoms with van der Waals surface area (Å²) >= 11 is 0. The number of hydrogen-bond donors (Lipinski definition) is 2. The van der Waals surface area contributed by atoms with E-state index in [0.29, 0.717) is 17.2 Å². The van der Waals surface area contributed by atoms with E-state index in [1.165, 1.54) is 19.2 Å². The average Bonchev–Trinajstić information content (AvgIpc) is 2.87. The predicted molar refractivity (Wildman–Crippen MR) is 133 cm³/mol. The van der Waals surface area contributed by atoms with E-state index >= 15 is 0 Å². The Morgan fingerprint density at radius 3 is 2.27 bits per heavy atom. The molecule has 0 saturated heterocycles. The van der Waals surface area contributed by atoms with E-state index in [-0.39, 0.29) is 47.7 Å². The van der Waals surface area contributed by atoms with Crippen molar-refractivity contribution in [1.29, 1.82) is 0 Å². The average molecular weight is 593 g/mol. The summed E-state index contributed by atoms with van der Waals surface area (Å²) in [6, 6.07) is 5.82. The second kappa shape index (κ2) is 10.9. The molecule has 2 unspecified atom stereocenters. The van der Waals surface area contributed by atoms with Gasteiger partial charge in [-0.05, 0) is 48.4 Å². The molecule has 2 N–H and O–H groups in total. The van der Waals surface area contributed by atoms with Gasteiger partial charge in [-0.15, -0.1) is 0 Å². The zero-order valence-electron chi connectivity index (χ0n) is 21.1. The Morgan fingerprint density at radius 2 is 1.70 bits per heavy atom. The highest BCUT2D eigenvalue weighted by atomic mass is 32.2. The number of hydroxylamine groups is 2. The lowest BCUT2D eigenvalue weighted by Gasteiger charge is -2.45. The molecule has 2 atom stereocenters. The van der Waals surface area contributed by atoms with Crippen molar-refractivity contribution in [2.24, 2.45) is 0 Å². The van der Waals surface area contributed by atoms with E-state index in [2.05, 4.69) is 10.6 Å². The van der Waals surface area contributed by atoms with Crippen LogP contribution in [0.3, 0.4) is 0 Å². The van der Waals surface area contributed by atoms with Gasteiger partial charge in [0.05, 0.1) is 24.9 Å². The maximum absolute atomic E-state index is 14.1. The highest BCUT2D eigenvalue weighted by molar-refractivity contribution is 7.91. The van der Waals surface area contributed by atoms with Crippen molar-refractivity contribution in [3.8, 4) is 5.75 Å². The molecule has 0 bridgehead atoms. The third-order valence-electron chi connectivity index (χ3n) is 6.31. The summed E-state index contributed by atoms with van der Waals surface area (Å²) in [5.41, 5.74) is -5.11. The van der Waals surface area contributed by atoms with Crippen LogP contribution in [0.1, 0.15) is 22.3 Å². The molecule has 2 aromatic rings. The zero-order valence-corrected chi connectivity index (χ0v) is 21.9. The summed E-state index contributed by atoms with van der Waals surface area (Å²) in [5.74, 6) is 0.0621. The van der Waals surface area contributed by atoms with Gasteiger partial charge in [0.15, 0.2) is 15.7 Å². The number of nitrogens with one attached hydrogen (secondary N) is 2. The molecule has 40 heavy (non-hydrogen) atoms. The number of methoxy groups -OCH3 is 1. The van der Waals surface area contributed by atoms with Crippen molar-refractivity contribution in [3.05, 3.63) is 87.5 Å². The molecule has 0 aromatic heterocycles. The number of hydrogen-bond acceptors (Lipinski definition) is 8. The molecule has 8 nitrogen and oxygen atoms in total. The van der Waals surface area contributed by atoms with Gasteiger partial charge in [0, 0.05) is 35.7 Å². The Labute approximate surface area is 225 Å². The van der Waals surface area contributed by atoms with Gasteiger partial charge in [0.1, 0.15) is 5.75 Å². The topological polar surface area (TPSA) is 103 Å². The number of benzene rings is 2. The summed E-state index contributed by atoms with van der Waals surface area (Å²) in [6.07, 6.45) is -8.83. The lowest BCUT2D eigenvalue weighted by atomic mass is 9.93. The smallest absolute Gasteiger partial charge is 0.416 e. The van der Waals surface area contributed by atoms with Gasteiger partial charge >= 0.3 is 12.4 Å². The monoisotopic (exact) mass is 592 g/mol. The molecule has 4 rings (SSSR count). The molecular weight excluding hydrogens is 568 g/mol. The normalized spacial score (nSPS) is 21.8.